The Bertz CT molecular complexity index is 1330. The standard InChI is InChI=1S/C24H25F3N2O4S/c25-24(26,27)21-15-23(31)28-22-9-6-17(14-20(21)22)13-16-4-7-19(8-5-16)34(32,33)29-11-2-1-3-18(29)10-12-30/h4-9,14-15,18,30H,1-3,10-13H2,(H,28,31). The molecule has 0 amide bonds. The zero-order valence-corrected chi connectivity index (χ0v) is 19.1. The normalized spacial score (nSPS) is 17.8. The van der Waals surface area contributed by atoms with E-state index in [1.165, 1.54) is 28.6 Å². The van der Waals surface area contributed by atoms with Crippen molar-refractivity contribution in [1.82, 2.24) is 9.29 Å². The molecule has 1 unspecified atom stereocenters. The molecule has 1 atom stereocenters. The highest BCUT2D eigenvalue weighted by atomic mass is 32.2. The van der Waals surface area contributed by atoms with Crippen LogP contribution >= 0.6 is 0 Å². The van der Waals surface area contributed by atoms with Crippen LogP contribution in [-0.4, -0.2) is 42.0 Å². The Morgan fingerprint density at radius 1 is 1.03 bits per heavy atom. The van der Waals surface area contributed by atoms with Crippen LogP contribution in [0.25, 0.3) is 10.9 Å². The van der Waals surface area contributed by atoms with E-state index < -0.39 is 27.3 Å². The number of aromatic amines is 1. The summed E-state index contributed by atoms with van der Waals surface area (Å²) in [4.78, 5) is 14.2. The molecule has 3 aromatic rings. The summed E-state index contributed by atoms with van der Waals surface area (Å²) in [6.07, 6.45) is -1.57. The molecule has 0 aliphatic carbocycles. The van der Waals surface area contributed by atoms with Gasteiger partial charge in [0.2, 0.25) is 15.6 Å². The van der Waals surface area contributed by atoms with E-state index in [0.717, 1.165) is 18.4 Å². The van der Waals surface area contributed by atoms with Crippen LogP contribution in [0, 0.1) is 0 Å². The highest BCUT2D eigenvalue weighted by Crippen LogP contribution is 2.34. The number of nitrogens with one attached hydrogen (secondary N) is 1. The number of benzene rings is 2. The summed E-state index contributed by atoms with van der Waals surface area (Å²) in [5.74, 6) is 0. The van der Waals surface area contributed by atoms with Crippen molar-refractivity contribution in [2.75, 3.05) is 13.2 Å². The topological polar surface area (TPSA) is 90.5 Å². The van der Waals surface area contributed by atoms with Gasteiger partial charge in [-0.2, -0.15) is 17.5 Å². The van der Waals surface area contributed by atoms with Gasteiger partial charge in [0.05, 0.1) is 10.5 Å². The lowest BCUT2D eigenvalue weighted by molar-refractivity contribution is -0.136. The smallest absolute Gasteiger partial charge is 0.396 e. The summed E-state index contributed by atoms with van der Waals surface area (Å²) in [6, 6.07) is 11.1. The molecule has 0 spiro atoms. The van der Waals surface area contributed by atoms with Crippen LogP contribution < -0.4 is 5.56 Å². The van der Waals surface area contributed by atoms with E-state index in [1.807, 2.05) is 0 Å². The highest BCUT2D eigenvalue weighted by molar-refractivity contribution is 7.89. The number of aliphatic hydroxyl groups is 1. The van der Waals surface area contributed by atoms with Gasteiger partial charge < -0.3 is 10.1 Å². The quantitative estimate of drug-likeness (QED) is 0.541. The molecule has 1 aromatic heterocycles. The second-order valence-corrected chi connectivity index (χ2v) is 10.4. The Balaban J connectivity index is 1.59. The summed E-state index contributed by atoms with van der Waals surface area (Å²) in [5, 5.41) is 9.20. The van der Waals surface area contributed by atoms with Crippen molar-refractivity contribution in [2.24, 2.45) is 0 Å². The minimum absolute atomic E-state index is 0.0781. The van der Waals surface area contributed by atoms with Gasteiger partial charge in [0.1, 0.15) is 0 Å². The first-order valence-corrected chi connectivity index (χ1v) is 12.5. The molecular weight excluding hydrogens is 469 g/mol. The maximum atomic E-state index is 13.4. The van der Waals surface area contributed by atoms with Crippen LogP contribution in [0.4, 0.5) is 13.2 Å². The van der Waals surface area contributed by atoms with Gasteiger partial charge in [-0.25, -0.2) is 8.42 Å². The zero-order chi connectivity index (χ0) is 24.5. The number of aromatic nitrogens is 1. The lowest BCUT2D eigenvalue weighted by Crippen LogP contribution is -2.44. The minimum atomic E-state index is -4.66. The molecule has 2 N–H and O–H groups in total. The maximum Gasteiger partial charge on any atom is 0.417 e. The minimum Gasteiger partial charge on any atom is -0.396 e. The van der Waals surface area contributed by atoms with E-state index in [1.54, 1.807) is 18.2 Å². The lowest BCUT2D eigenvalue weighted by atomic mass is 10.0. The molecule has 2 heterocycles. The van der Waals surface area contributed by atoms with Crippen molar-refractivity contribution in [3.05, 3.63) is 75.6 Å². The SMILES string of the molecule is O=c1cc(C(F)(F)F)c2cc(Cc3ccc(S(=O)(=O)N4CCCCC4CCO)cc3)ccc2[nH]1. The van der Waals surface area contributed by atoms with Crippen molar-refractivity contribution in [2.45, 2.75) is 49.2 Å². The molecule has 6 nitrogen and oxygen atoms in total. The fraction of sp³-hybridized carbons (Fsp3) is 0.375. The molecule has 182 valence electrons. The number of rotatable bonds is 6. The van der Waals surface area contributed by atoms with E-state index in [0.29, 0.717) is 37.4 Å². The van der Waals surface area contributed by atoms with E-state index >= 15 is 0 Å². The summed E-state index contributed by atoms with van der Waals surface area (Å²) >= 11 is 0. The number of piperidine rings is 1. The Kier molecular flexibility index (Phi) is 6.84. The molecule has 0 saturated carbocycles. The highest BCUT2D eigenvalue weighted by Gasteiger charge is 2.34. The molecule has 1 fully saturated rings. The number of aliphatic hydroxyl groups excluding tert-OH is 1. The molecule has 0 radical (unpaired) electrons. The number of pyridine rings is 1. The van der Waals surface area contributed by atoms with Gasteiger partial charge in [0.15, 0.2) is 0 Å². The van der Waals surface area contributed by atoms with Crippen LogP contribution in [-0.2, 0) is 22.6 Å². The van der Waals surface area contributed by atoms with E-state index in [4.69, 9.17) is 0 Å². The number of hydrogen-bond donors (Lipinski definition) is 2. The Labute approximate surface area is 195 Å². The molecule has 2 aromatic carbocycles. The van der Waals surface area contributed by atoms with Crippen LogP contribution in [0.3, 0.4) is 0 Å². The number of sulfonamides is 1. The van der Waals surface area contributed by atoms with Crippen molar-refractivity contribution in [1.29, 1.82) is 0 Å². The Hall–Kier alpha value is -2.69. The second kappa shape index (κ2) is 9.52. The van der Waals surface area contributed by atoms with Crippen LogP contribution in [0.2, 0.25) is 0 Å². The van der Waals surface area contributed by atoms with Gasteiger partial charge in [0.25, 0.3) is 0 Å². The van der Waals surface area contributed by atoms with Crippen LogP contribution in [0.1, 0.15) is 42.4 Å². The van der Waals surface area contributed by atoms with Crippen LogP contribution in [0.5, 0.6) is 0 Å². The molecule has 34 heavy (non-hydrogen) atoms. The van der Waals surface area contributed by atoms with Crippen molar-refractivity contribution in [3.63, 3.8) is 0 Å². The number of H-pyrrole nitrogens is 1. The largest absolute Gasteiger partial charge is 0.417 e. The first kappa shape index (κ1) is 24.4. The fourth-order valence-corrected chi connectivity index (χ4v) is 6.25. The fourth-order valence-electron chi connectivity index (χ4n) is 4.52. The van der Waals surface area contributed by atoms with Crippen molar-refractivity contribution < 1.29 is 26.7 Å². The third kappa shape index (κ3) is 5.03. The second-order valence-electron chi connectivity index (χ2n) is 8.52. The van der Waals surface area contributed by atoms with Crippen LogP contribution in [0.15, 0.2) is 58.2 Å². The van der Waals surface area contributed by atoms with E-state index in [-0.39, 0.29) is 28.4 Å². The summed E-state index contributed by atoms with van der Waals surface area (Å²) in [7, 11) is -3.71. The van der Waals surface area contributed by atoms with Gasteiger partial charge in [-0.1, -0.05) is 24.6 Å². The summed E-state index contributed by atoms with van der Waals surface area (Å²) < 4.78 is 68.0. The first-order chi connectivity index (χ1) is 16.1. The molecule has 1 aliphatic heterocycles. The molecule has 10 heteroatoms. The zero-order valence-electron chi connectivity index (χ0n) is 18.3. The number of hydrogen-bond acceptors (Lipinski definition) is 4. The predicted octanol–water partition coefficient (Wildman–Crippen LogP) is 4.06. The Morgan fingerprint density at radius 3 is 2.41 bits per heavy atom. The van der Waals surface area contributed by atoms with E-state index in [9.17, 15) is 31.5 Å². The van der Waals surface area contributed by atoms with Gasteiger partial charge in [-0.15, -0.1) is 0 Å². The van der Waals surface area contributed by atoms with Crippen molar-refractivity contribution >= 4 is 20.9 Å². The maximum absolute atomic E-state index is 13.4. The van der Waals surface area contributed by atoms with Gasteiger partial charge in [0, 0.05) is 36.2 Å². The monoisotopic (exact) mass is 494 g/mol. The number of nitrogens with zero attached hydrogens (tertiary/aromatic N) is 1. The first-order valence-electron chi connectivity index (χ1n) is 11.0. The lowest BCUT2D eigenvalue weighted by Gasteiger charge is -2.34. The third-order valence-electron chi connectivity index (χ3n) is 6.19. The van der Waals surface area contributed by atoms with Gasteiger partial charge in [-0.05, 0) is 61.1 Å². The third-order valence-corrected chi connectivity index (χ3v) is 8.15. The summed E-state index contributed by atoms with van der Waals surface area (Å²) in [6.45, 7) is 0.334. The average molecular weight is 495 g/mol. The molecule has 0 bridgehead atoms. The number of halogens is 3. The Morgan fingerprint density at radius 2 is 1.74 bits per heavy atom. The molecule has 4 rings (SSSR count). The molecule has 1 aliphatic rings. The van der Waals surface area contributed by atoms with Gasteiger partial charge in [-0.3, -0.25) is 4.79 Å². The molecule has 1 saturated heterocycles. The average Bonchev–Trinajstić information content (AvgIpc) is 2.79. The van der Waals surface area contributed by atoms with Gasteiger partial charge >= 0.3 is 6.18 Å². The molecular formula is C24H25F3N2O4S. The van der Waals surface area contributed by atoms with E-state index in [2.05, 4.69) is 4.98 Å². The predicted molar refractivity (Wildman–Crippen MR) is 122 cm³/mol. The number of fused-ring (bicyclic) bond motifs is 1. The van der Waals surface area contributed by atoms with Crippen molar-refractivity contribution in [3.8, 4) is 0 Å². The summed E-state index contributed by atoms with van der Waals surface area (Å²) in [5.41, 5.74) is -0.377. The number of alkyl halides is 3.